The molecule has 0 fully saturated rings. The molecule has 0 aliphatic heterocycles. The van der Waals surface area contributed by atoms with Crippen LogP contribution in [0.1, 0.15) is 31.4 Å². The van der Waals surface area contributed by atoms with Gasteiger partial charge in [-0.1, -0.05) is 6.07 Å². The molecule has 1 amide bonds. The maximum Gasteiger partial charge on any atom is 0.220 e. The van der Waals surface area contributed by atoms with Gasteiger partial charge in [0.05, 0.1) is 6.04 Å². The van der Waals surface area contributed by atoms with Crippen LogP contribution < -0.4 is 10.6 Å². The van der Waals surface area contributed by atoms with Crippen molar-refractivity contribution in [2.75, 3.05) is 13.6 Å². The Morgan fingerprint density at radius 3 is 2.88 bits per heavy atom. The standard InChI is InChI=1S/C12H19N3O.ClH/c1-10(11-5-3-8-14-9-11)15-12(16)6-4-7-13-2;/h3,5,8-10,13H,4,6-7H2,1-2H3,(H,15,16);1H. The van der Waals surface area contributed by atoms with Gasteiger partial charge in [-0.3, -0.25) is 9.78 Å². The van der Waals surface area contributed by atoms with E-state index in [2.05, 4.69) is 15.6 Å². The Balaban J connectivity index is 0.00000256. The Morgan fingerprint density at radius 1 is 1.53 bits per heavy atom. The first-order valence-electron chi connectivity index (χ1n) is 5.58. The molecule has 0 aliphatic carbocycles. The number of rotatable bonds is 6. The minimum atomic E-state index is 0. The number of amides is 1. The van der Waals surface area contributed by atoms with Crippen LogP contribution in [0.3, 0.4) is 0 Å². The van der Waals surface area contributed by atoms with E-state index in [0.29, 0.717) is 6.42 Å². The lowest BCUT2D eigenvalue weighted by molar-refractivity contribution is -0.121. The molecule has 0 aliphatic rings. The van der Waals surface area contributed by atoms with Gasteiger partial charge in [-0.15, -0.1) is 12.4 Å². The third-order valence-corrected chi connectivity index (χ3v) is 2.39. The Morgan fingerprint density at radius 2 is 2.29 bits per heavy atom. The first-order chi connectivity index (χ1) is 7.74. The summed E-state index contributed by atoms with van der Waals surface area (Å²) in [6, 6.07) is 3.86. The molecule has 0 spiro atoms. The van der Waals surface area contributed by atoms with Crippen molar-refractivity contribution in [3.8, 4) is 0 Å². The van der Waals surface area contributed by atoms with Gasteiger partial charge in [0.25, 0.3) is 0 Å². The minimum Gasteiger partial charge on any atom is -0.350 e. The van der Waals surface area contributed by atoms with Crippen molar-refractivity contribution >= 4 is 18.3 Å². The Hall–Kier alpha value is -1.13. The Bertz CT molecular complexity index is 319. The van der Waals surface area contributed by atoms with Crippen molar-refractivity contribution in [3.63, 3.8) is 0 Å². The molecule has 1 atom stereocenters. The fourth-order valence-electron chi connectivity index (χ4n) is 1.45. The molecule has 17 heavy (non-hydrogen) atoms. The number of carbonyl (C=O) groups is 1. The molecule has 4 nitrogen and oxygen atoms in total. The summed E-state index contributed by atoms with van der Waals surface area (Å²) in [5.41, 5.74) is 1.03. The molecule has 0 aromatic carbocycles. The first-order valence-corrected chi connectivity index (χ1v) is 5.58. The van der Waals surface area contributed by atoms with Crippen molar-refractivity contribution < 1.29 is 4.79 Å². The number of hydrogen-bond acceptors (Lipinski definition) is 3. The van der Waals surface area contributed by atoms with Crippen LogP contribution in [0.4, 0.5) is 0 Å². The van der Waals surface area contributed by atoms with Crippen molar-refractivity contribution in [2.45, 2.75) is 25.8 Å². The zero-order valence-electron chi connectivity index (χ0n) is 10.3. The van der Waals surface area contributed by atoms with Crippen molar-refractivity contribution in [3.05, 3.63) is 30.1 Å². The quantitative estimate of drug-likeness (QED) is 0.763. The average molecular weight is 258 g/mol. The van der Waals surface area contributed by atoms with Gasteiger partial charge in [-0.25, -0.2) is 0 Å². The van der Waals surface area contributed by atoms with E-state index in [0.717, 1.165) is 18.5 Å². The predicted molar refractivity (Wildman–Crippen MR) is 71.2 cm³/mol. The summed E-state index contributed by atoms with van der Waals surface area (Å²) in [5.74, 6) is 0.0894. The summed E-state index contributed by atoms with van der Waals surface area (Å²) in [7, 11) is 1.89. The SMILES string of the molecule is CNCCCC(=O)NC(C)c1cccnc1.Cl. The van der Waals surface area contributed by atoms with Gasteiger partial charge in [-0.2, -0.15) is 0 Å². The molecule has 1 rings (SSSR count). The van der Waals surface area contributed by atoms with Crippen LogP contribution in [0.15, 0.2) is 24.5 Å². The van der Waals surface area contributed by atoms with Crippen LogP contribution in [0.25, 0.3) is 0 Å². The highest BCUT2D eigenvalue weighted by Gasteiger charge is 2.08. The molecule has 0 bridgehead atoms. The smallest absolute Gasteiger partial charge is 0.220 e. The molecule has 2 N–H and O–H groups in total. The summed E-state index contributed by atoms with van der Waals surface area (Å²) >= 11 is 0. The van der Waals surface area contributed by atoms with Crippen molar-refractivity contribution in [1.29, 1.82) is 0 Å². The maximum atomic E-state index is 11.5. The molecular weight excluding hydrogens is 238 g/mol. The topological polar surface area (TPSA) is 54.0 Å². The average Bonchev–Trinajstić information content (AvgIpc) is 2.30. The highest BCUT2D eigenvalue weighted by molar-refractivity contribution is 5.85. The molecule has 0 radical (unpaired) electrons. The lowest BCUT2D eigenvalue weighted by Gasteiger charge is -2.13. The Labute approximate surface area is 109 Å². The van der Waals surface area contributed by atoms with Gasteiger partial charge in [0, 0.05) is 18.8 Å². The van der Waals surface area contributed by atoms with E-state index in [4.69, 9.17) is 0 Å². The third-order valence-electron chi connectivity index (χ3n) is 2.39. The van der Waals surface area contributed by atoms with Crippen LogP contribution in [0.2, 0.25) is 0 Å². The van der Waals surface area contributed by atoms with Gasteiger partial charge >= 0.3 is 0 Å². The minimum absolute atomic E-state index is 0. The van der Waals surface area contributed by atoms with Crippen LogP contribution in [-0.2, 0) is 4.79 Å². The van der Waals surface area contributed by atoms with Crippen LogP contribution in [0, 0.1) is 0 Å². The molecule has 1 aromatic rings. The summed E-state index contributed by atoms with van der Waals surface area (Å²) in [6.07, 6.45) is 4.93. The summed E-state index contributed by atoms with van der Waals surface area (Å²) in [5, 5.41) is 5.97. The highest BCUT2D eigenvalue weighted by Crippen LogP contribution is 2.09. The van der Waals surface area contributed by atoms with E-state index in [9.17, 15) is 4.79 Å². The van der Waals surface area contributed by atoms with E-state index in [1.807, 2.05) is 26.1 Å². The molecular formula is C12H20ClN3O. The second kappa shape index (κ2) is 8.96. The number of hydrogen-bond donors (Lipinski definition) is 2. The van der Waals surface area contributed by atoms with Gasteiger partial charge in [0.2, 0.25) is 5.91 Å². The van der Waals surface area contributed by atoms with Crippen molar-refractivity contribution in [2.24, 2.45) is 0 Å². The lowest BCUT2D eigenvalue weighted by Crippen LogP contribution is -2.27. The Kier molecular flexibility index (Phi) is 8.36. The van der Waals surface area contributed by atoms with Crippen LogP contribution in [0.5, 0.6) is 0 Å². The number of aromatic nitrogens is 1. The van der Waals surface area contributed by atoms with Crippen LogP contribution in [-0.4, -0.2) is 24.5 Å². The predicted octanol–water partition coefficient (Wildman–Crippen LogP) is 1.68. The van der Waals surface area contributed by atoms with E-state index < -0.39 is 0 Å². The van der Waals surface area contributed by atoms with Gasteiger partial charge in [0.15, 0.2) is 0 Å². The normalized spacial score (nSPS) is 11.4. The molecule has 96 valence electrons. The van der Waals surface area contributed by atoms with E-state index in [1.165, 1.54) is 0 Å². The molecule has 1 unspecified atom stereocenters. The first kappa shape index (κ1) is 15.9. The number of halogens is 1. The van der Waals surface area contributed by atoms with Gasteiger partial charge in [0.1, 0.15) is 0 Å². The zero-order valence-corrected chi connectivity index (χ0v) is 11.1. The molecule has 1 heterocycles. The maximum absolute atomic E-state index is 11.5. The molecule has 1 aromatic heterocycles. The number of nitrogens with zero attached hydrogens (tertiary/aromatic N) is 1. The summed E-state index contributed by atoms with van der Waals surface area (Å²) < 4.78 is 0. The highest BCUT2D eigenvalue weighted by atomic mass is 35.5. The number of pyridine rings is 1. The summed E-state index contributed by atoms with van der Waals surface area (Å²) in [4.78, 5) is 15.6. The third kappa shape index (κ3) is 6.24. The largest absolute Gasteiger partial charge is 0.350 e. The fourth-order valence-corrected chi connectivity index (χ4v) is 1.45. The van der Waals surface area contributed by atoms with E-state index in [-0.39, 0.29) is 24.4 Å². The van der Waals surface area contributed by atoms with Gasteiger partial charge < -0.3 is 10.6 Å². The molecule has 5 heteroatoms. The second-order valence-electron chi connectivity index (χ2n) is 3.78. The van der Waals surface area contributed by atoms with E-state index in [1.54, 1.807) is 12.4 Å². The van der Waals surface area contributed by atoms with E-state index >= 15 is 0 Å². The van der Waals surface area contributed by atoms with Gasteiger partial charge in [-0.05, 0) is 38.6 Å². The molecule has 0 saturated carbocycles. The molecule has 0 saturated heterocycles. The summed E-state index contributed by atoms with van der Waals surface area (Å²) in [6.45, 7) is 2.83. The number of nitrogens with one attached hydrogen (secondary N) is 2. The monoisotopic (exact) mass is 257 g/mol. The number of carbonyl (C=O) groups excluding carboxylic acids is 1. The van der Waals surface area contributed by atoms with Crippen LogP contribution >= 0.6 is 12.4 Å². The fraction of sp³-hybridized carbons (Fsp3) is 0.500. The second-order valence-corrected chi connectivity index (χ2v) is 3.78. The van der Waals surface area contributed by atoms with Crippen molar-refractivity contribution in [1.82, 2.24) is 15.6 Å². The lowest BCUT2D eigenvalue weighted by atomic mass is 10.1. The zero-order chi connectivity index (χ0) is 11.8.